The highest BCUT2D eigenvalue weighted by atomic mass is 16.5. The van der Waals surface area contributed by atoms with E-state index in [2.05, 4.69) is 5.32 Å². The first-order chi connectivity index (χ1) is 14.4. The van der Waals surface area contributed by atoms with Gasteiger partial charge in [0, 0.05) is 30.6 Å². The Morgan fingerprint density at radius 2 is 1.73 bits per heavy atom. The molecule has 0 fully saturated rings. The molecule has 3 N–H and O–H groups in total. The third-order valence-electron chi connectivity index (χ3n) is 3.95. The maximum atomic E-state index is 12.8. The first-order valence-corrected chi connectivity index (χ1v) is 9.38. The van der Waals surface area contributed by atoms with Crippen LogP contribution in [0.3, 0.4) is 0 Å². The van der Waals surface area contributed by atoms with Gasteiger partial charge in [0.15, 0.2) is 11.5 Å². The van der Waals surface area contributed by atoms with Gasteiger partial charge < -0.3 is 20.5 Å². The van der Waals surface area contributed by atoms with Crippen LogP contribution in [0.15, 0.2) is 54.2 Å². The second kappa shape index (κ2) is 10.5. The average Bonchev–Trinajstić information content (AvgIpc) is 2.72. The molecule has 2 aromatic carbocycles. The Balaban J connectivity index is 2.28. The Hall–Kier alpha value is -3.99. The van der Waals surface area contributed by atoms with Crippen molar-refractivity contribution >= 4 is 28.9 Å². The van der Waals surface area contributed by atoms with E-state index in [4.69, 9.17) is 15.2 Å². The van der Waals surface area contributed by atoms with Gasteiger partial charge >= 0.3 is 0 Å². The van der Waals surface area contributed by atoms with Crippen molar-refractivity contribution in [2.45, 2.75) is 20.8 Å². The number of imide groups is 1. The summed E-state index contributed by atoms with van der Waals surface area (Å²) in [7, 11) is 0. The lowest BCUT2D eigenvalue weighted by atomic mass is 10.2. The predicted molar refractivity (Wildman–Crippen MR) is 115 cm³/mol. The number of hydrogen-bond donors (Lipinski definition) is 2. The molecule has 30 heavy (non-hydrogen) atoms. The number of nitrogens with one attached hydrogen (secondary N) is 1. The van der Waals surface area contributed by atoms with Crippen LogP contribution in [0.5, 0.6) is 11.5 Å². The van der Waals surface area contributed by atoms with E-state index in [9.17, 15) is 14.9 Å². The molecule has 8 nitrogen and oxygen atoms in total. The van der Waals surface area contributed by atoms with E-state index < -0.39 is 11.8 Å². The van der Waals surface area contributed by atoms with Crippen LogP contribution in [-0.4, -0.2) is 25.0 Å². The zero-order valence-corrected chi connectivity index (χ0v) is 17.1. The van der Waals surface area contributed by atoms with Crippen molar-refractivity contribution in [3.63, 3.8) is 0 Å². The summed E-state index contributed by atoms with van der Waals surface area (Å²) >= 11 is 0. The largest absolute Gasteiger partial charge is 0.490 e. The van der Waals surface area contributed by atoms with E-state index in [0.717, 1.165) is 4.90 Å². The number of anilines is 3. The molecule has 156 valence electrons. The highest BCUT2D eigenvalue weighted by molar-refractivity contribution is 6.21. The number of nitrogen functional groups attached to an aromatic ring is 1. The molecule has 0 heterocycles. The van der Waals surface area contributed by atoms with E-state index in [-0.39, 0.29) is 5.57 Å². The molecule has 0 unspecified atom stereocenters. The van der Waals surface area contributed by atoms with E-state index >= 15 is 0 Å². The standard InChI is InChI=1S/C22H24N4O4/c1-4-29-20-11-8-18(12-21(20)30-5-2)25-14-16(13-23)22(28)26(15(3)27)19-9-6-17(24)7-10-19/h6-12,14,25H,4-5,24H2,1-3H3/b16-14-. The maximum Gasteiger partial charge on any atom is 0.277 e. The molecule has 0 aliphatic heterocycles. The smallest absolute Gasteiger partial charge is 0.277 e. The maximum absolute atomic E-state index is 12.8. The second-order valence-electron chi connectivity index (χ2n) is 6.09. The number of amides is 2. The number of nitriles is 1. The quantitative estimate of drug-likeness (QED) is 0.390. The van der Waals surface area contributed by atoms with Crippen LogP contribution in [-0.2, 0) is 9.59 Å². The van der Waals surface area contributed by atoms with E-state index in [1.54, 1.807) is 30.3 Å². The van der Waals surface area contributed by atoms with Crippen molar-refractivity contribution in [1.29, 1.82) is 5.26 Å². The molecule has 0 atom stereocenters. The summed E-state index contributed by atoms with van der Waals surface area (Å²) < 4.78 is 11.1. The summed E-state index contributed by atoms with van der Waals surface area (Å²) in [5.74, 6) is -0.143. The number of ether oxygens (including phenoxy) is 2. The SMILES string of the molecule is CCOc1ccc(N/C=C(/C#N)C(=O)N(C(C)=O)c2ccc(N)cc2)cc1OCC. The predicted octanol–water partition coefficient (Wildman–Crippen LogP) is 3.47. The number of hydrogen-bond acceptors (Lipinski definition) is 7. The first-order valence-electron chi connectivity index (χ1n) is 9.38. The van der Waals surface area contributed by atoms with E-state index in [0.29, 0.717) is 41.8 Å². The van der Waals surface area contributed by atoms with Crippen LogP contribution < -0.4 is 25.4 Å². The first kappa shape index (κ1) is 22.3. The molecule has 2 aromatic rings. The fourth-order valence-corrected chi connectivity index (χ4v) is 2.62. The van der Waals surface area contributed by atoms with Gasteiger partial charge in [0.2, 0.25) is 5.91 Å². The Bertz CT molecular complexity index is 978. The highest BCUT2D eigenvalue weighted by Crippen LogP contribution is 2.30. The summed E-state index contributed by atoms with van der Waals surface area (Å²) in [4.78, 5) is 25.8. The molecule has 2 amide bonds. The number of nitrogens with two attached hydrogens (primary N) is 1. The van der Waals surface area contributed by atoms with Gasteiger partial charge in [-0.15, -0.1) is 0 Å². The lowest BCUT2D eigenvalue weighted by Crippen LogP contribution is -2.36. The van der Waals surface area contributed by atoms with Gasteiger partial charge in [-0.2, -0.15) is 5.26 Å². The van der Waals surface area contributed by atoms with Gasteiger partial charge in [-0.3, -0.25) is 9.59 Å². The van der Waals surface area contributed by atoms with Crippen molar-refractivity contribution < 1.29 is 19.1 Å². The van der Waals surface area contributed by atoms with Crippen LogP contribution in [0.2, 0.25) is 0 Å². The molecular weight excluding hydrogens is 384 g/mol. The average molecular weight is 408 g/mol. The molecule has 0 radical (unpaired) electrons. The van der Waals surface area contributed by atoms with Crippen molar-refractivity contribution in [2.24, 2.45) is 0 Å². The van der Waals surface area contributed by atoms with E-state index in [1.807, 2.05) is 19.9 Å². The summed E-state index contributed by atoms with van der Waals surface area (Å²) in [6.07, 6.45) is 1.25. The summed E-state index contributed by atoms with van der Waals surface area (Å²) in [5, 5.41) is 12.4. The van der Waals surface area contributed by atoms with Gasteiger partial charge in [-0.25, -0.2) is 4.90 Å². The van der Waals surface area contributed by atoms with Crippen molar-refractivity contribution in [3.8, 4) is 17.6 Å². The molecule has 0 saturated heterocycles. The Kier molecular flexibility index (Phi) is 7.82. The van der Waals surface area contributed by atoms with Crippen molar-refractivity contribution in [3.05, 3.63) is 54.2 Å². The van der Waals surface area contributed by atoms with Crippen LogP contribution in [0, 0.1) is 11.3 Å². The van der Waals surface area contributed by atoms with Crippen molar-refractivity contribution in [2.75, 3.05) is 29.2 Å². The van der Waals surface area contributed by atoms with Gasteiger partial charge in [0.1, 0.15) is 11.6 Å². The Morgan fingerprint density at radius 1 is 1.10 bits per heavy atom. The Morgan fingerprint density at radius 3 is 2.30 bits per heavy atom. The molecule has 8 heteroatoms. The topological polar surface area (TPSA) is 118 Å². The zero-order valence-electron chi connectivity index (χ0n) is 17.1. The van der Waals surface area contributed by atoms with Crippen LogP contribution >= 0.6 is 0 Å². The molecule has 0 aliphatic rings. The molecule has 0 spiro atoms. The van der Waals surface area contributed by atoms with Crippen LogP contribution in [0.4, 0.5) is 17.1 Å². The number of benzene rings is 2. The van der Waals surface area contributed by atoms with Crippen LogP contribution in [0.1, 0.15) is 20.8 Å². The summed E-state index contributed by atoms with van der Waals surface area (Å²) in [6.45, 7) is 5.92. The number of nitrogens with zero attached hydrogens (tertiary/aromatic N) is 2. The molecule has 2 rings (SSSR count). The second-order valence-corrected chi connectivity index (χ2v) is 6.09. The summed E-state index contributed by atoms with van der Waals surface area (Å²) in [5.41, 5.74) is 6.82. The molecular formula is C22H24N4O4. The van der Waals surface area contributed by atoms with Crippen LogP contribution in [0.25, 0.3) is 0 Å². The minimum absolute atomic E-state index is 0.242. The summed E-state index contributed by atoms with van der Waals surface area (Å²) in [6, 6.07) is 13.2. The number of carbonyl (C=O) groups excluding carboxylic acids is 2. The monoisotopic (exact) mass is 408 g/mol. The third kappa shape index (κ3) is 5.52. The molecule has 0 bridgehead atoms. The fourth-order valence-electron chi connectivity index (χ4n) is 2.62. The Labute approximate surface area is 175 Å². The highest BCUT2D eigenvalue weighted by Gasteiger charge is 2.24. The minimum atomic E-state index is -0.752. The third-order valence-corrected chi connectivity index (χ3v) is 3.95. The van der Waals surface area contributed by atoms with Gasteiger partial charge in [0.25, 0.3) is 5.91 Å². The van der Waals surface area contributed by atoms with Gasteiger partial charge in [-0.05, 0) is 50.2 Å². The molecule has 0 aliphatic carbocycles. The van der Waals surface area contributed by atoms with Gasteiger partial charge in [0.05, 0.1) is 18.9 Å². The van der Waals surface area contributed by atoms with Gasteiger partial charge in [-0.1, -0.05) is 0 Å². The lowest BCUT2D eigenvalue weighted by molar-refractivity contribution is -0.123. The normalized spacial score (nSPS) is 10.7. The van der Waals surface area contributed by atoms with Crippen molar-refractivity contribution in [1.82, 2.24) is 0 Å². The number of carbonyl (C=O) groups is 2. The zero-order chi connectivity index (χ0) is 22.1. The molecule has 0 saturated carbocycles. The van der Waals surface area contributed by atoms with E-state index in [1.165, 1.54) is 25.3 Å². The fraction of sp³-hybridized carbons (Fsp3) is 0.227. The molecule has 0 aromatic heterocycles. The lowest BCUT2D eigenvalue weighted by Gasteiger charge is -2.19. The number of rotatable bonds is 8. The minimum Gasteiger partial charge on any atom is -0.490 e.